The molecule has 4 aliphatic heterocycles. The molecule has 4 aliphatic rings. The zero-order valence-electron chi connectivity index (χ0n) is 57.3. The maximum atomic E-state index is 12.9. The summed E-state index contributed by atoms with van der Waals surface area (Å²) in [6, 6.07) is 0. The molecule has 20 atom stereocenters. The summed E-state index contributed by atoms with van der Waals surface area (Å²) in [5.41, 5.74) is 0. The van der Waals surface area contributed by atoms with Crippen LogP contribution < -0.4 is 26.6 Å². The lowest BCUT2D eigenvalue weighted by atomic mass is 10.00. The first-order valence-electron chi connectivity index (χ1n) is 34.1. The predicted octanol–water partition coefficient (Wildman–Crippen LogP) is -6.26. The van der Waals surface area contributed by atoms with Gasteiger partial charge in [-0.3, -0.25) is 48.2 Å². The number of rotatable bonds is 45. The Labute approximate surface area is 571 Å². The number of nitrogens with zero attached hydrogens (tertiary/aromatic N) is 2. The number of unbranched alkanes of at least 4 members (excludes halogenated alkanes) is 5. The van der Waals surface area contributed by atoms with E-state index in [0.717, 1.165) is 25.7 Å². The molecule has 4 fully saturated rings. The molecule has 0 aromatic rings. The molecule has 4 saturated heterocycles. The lowest BCUT2D eigenvalue weighted by Gasteiger charge is -2.38. The number of amides is 5. The molecule has 0 spiro atoms. The summed E-state index contributed by atoms with van der Waals surface area (Å²) in [4.78, 5) is 103. The van der Waals surface area contributed by atoms with Gasteiger partial charge in [0, 0.05) is 64.8 Å². The van der Waals surface area contributed by atoms with Crippen molar-refractivity contribution in [1.29, 1.82) is 0 Å². The Kier molecular flexibility index (Phi) is 42.6. The summed E-state index contributed by atoms with van der Waals surface area (Å²) in [6.07, 6.45) is -18.0. The standard InChI is InChI=1S/C33H58N2O14.C30H55N5O14/c1-4-34-25(39)14-8-6-5-7-11-22(36)17-35(18-23(37)12-9-15-46-32-30(44)28(42)26(40)20(2)48-32)19-24(38)13-10-16-47-33-31(45)29(43)27(41)21(3)49-33;1-4-31-19(36)8-6-5-7-9-32-20(37)14-35(15-21(38)33-10-12-46-29-27(44)25(42)23(40)17(2)48-29)16-22(39)34-11-13-47-30-28(45)26(43)24(41)18(3)49-30/h20-21,26-33,40-45H,4-19H2,1-3H3,(H,34,39);17-18,23-30,40-45H,4-16H2,1-3H3,(H,31,36)(H,32,37)(H,33,38)(H,34,39)/t20-,21-,26+,27+,28+,29+,30-,31-,32+,33+;17-,18-,23+,24+,25+,26+,27-,28-,29+,30+/m00/s1. The van der Waals surface area contributed by atoms with Crippen LogP contribution in [0.25, 0.3) is 0 Å². The molecular formula is C63H113N7O28. The van der Waals surface area contributed by atoms with E-state index in [1.807, 2.05) is 13.8 Å². The molecule has 98 heavy (non-hydrogen) atoms. The normalized spacial score (nSPS) is 30.2. The van der Waals surface area contributed by atoms with E-state index in [-0.39, 0.29) is 140 Å². The van der Waals surface area contributed by atoms with E-state index in [1.165, 1.54) is 37.5 Å². The summed E-state index contributed by atoms with van der Waals surface area (Å²) < 4.78 is 43.3. The number of aliphatic hydroxyl groups excluding tert-OH is 12. The van der Waals surface area contributed by atoms with Gasteiger partial charge in [-0.05, 0) is 80.1 Å². The van der Waals surface area contributed by atoms with E-state index in [4.69, 9.17) is 37.9 Å². The van der Waals surface area contributed by atoms with Gasteiger partial charge in [-0.1, -0.05) is 19.3 Å². The molecule has 5 amide bonds. The Hall–Kier alpha value is -4.52. The third-order valence-corrected chi connectivity index (χ3v) is 16.5. The van der Waals surface area contributed by atoms with Crippen LogP contribution in [-0.4, -0.2) is 339 Å². The van der Waals surface area contributed by atoms with Crippen molar-refractivity contribution in [2.75, 3.05) is 98.4 Å². The van der Waals surface area contributed by atoms with Gasteiger partial charge >= 0.3 is 0 Å². The van der Waals surface area contributed by atoms with Crippen LogP contribution in [-0.2, 0) is 76.3 Å². The van der Waals surface area contributed by atoms with E-state index >= 15 is 0 Å². The molecule has 0 aromatic carbocycles. The molecular weight excluding hydrogens is 1300 g/mol. The van der Waals surface area contributed by atoms with Crippen molar-refractivity contribution in [2.45, 2.75) is 254 Å². The summed E-state index contributed by atoms with van der Waals surface area (Å²) in [6.45, 7) is 9.68. The van der Waals surface area contributed by atoms with Gasteiger partial charge in [-0.2, -0.15) is 0 Å². The average molecular weight is 1420 g/mol. The number of hydrogen-bond donors (Lipinski definition) is 17. The van der Waals surface area contributed by atoms with Crippen LogP contribution in [0.2, 0.25) is 0 Å². The number of carbonyl (C=O) groups is 8. The highest BCUT2D eigenvalue weighted by molar-refractivity contribution is 5.86. The zero-order valence-corrected chi connectivity index (χ0v) is 57.3. The van der Waals surface area contributed by atoms with Gasteiger partial charge in [-0.15, -0.1) is 0 Å². The average Bonchev–Trinajstić information content (AvgIpc) is 3.03. The Balaban J connectivity index is 0.000000510. The van der Waals surface area contributed by atoms with E-state index in [9.17, 15) is 99.6 Å². The summed E-state index contributed by atoms with van der Waals surface area (Å²) >= 11 is 0. The third kappa shape index (κ3) is 32.6. The molecule has 0 saturated carbocycles. The SMILES string of the molecule is CCNC(=O)CCCCCCC(=O)CN(CC(=O)CCCO[C@@H]1O[C@@H](C)[C@@H](O)[C@@H](O)[C@@H]1O)CC(=O)CCCO[C@@H]1O[C@@H](C)[C@@H](O)[C@@H](O)[C@@H]1O.CCNC(=O)CCCCCNC(=O)CN(CC(=O)NCCO[C@@H]1O[C@@H](C)[C@@H](O)[C@@H](O)[C@@H]1O)CC(=O)NCCO[C@@H]1O[C@@H](C)[C@@H](O)[C@@H](O)[C@@H]1O. The van der Waals surface area contributed by atoms with Crippen molar-refractivity contribution < 1.29 is 138 Å². The minimum absolute atomic E-state index is 0.00275. The molecule has 4 heterocycles. The van der Waals surface area contributed by atoms with Crippen LogP contribution in [0, 0.1) is 0 Å². The lowest BCUT2D eigenvalue weighted by Crippen LogP contribution is -2.57. The number of Topliss-reactive ketones (excluding diaryl/α,β-unsaturated/α-hetero) is 3. The lowest BCUT2D eigenvalue weighted by molar-refractivity contribution is -0.293. The number of hydrogen-bond acceptors (Lipinski definition) is 30. The first kappa shape index (κ1) is 87.7. The maximum Gasteiger partial charge on any atom is 0.234 e. The topological polar surface area (TPSA) is 520 Å². The van der Waals surface area contributed by atoms with Crippen LogP contribution in [0.1, 0.15) is 131 Å². The summed E-state index contributed by atoms with van der Waals surface area (Å²) in [5.74, 6) is -2.10. The monoisotopic (exact) mass is 1420 g/mol. The van der Waals surface area contributed by atoms with Gasteiger partial charge < -0.3 is 126 Å². The maximum absolute atomic E-state index is 12.9. The fraction of sp³-hybridized carbons (Fsp3) is 0.873. The molecule has 0 bridgehead atoms. The van der Waals surface area contributed by atoms with Crippen molar-refractivity contribution >= 4 is 46.9 Å². The molecule has 0 radical (unpaired) electrons. The fourth-order valence-corrected chi connectivity index (χ4v) is 10.7. The van der Waals surface area contributed by atoms with E-state index in [1.54, 1.807) is 0 Å². The fourth-order valence-electron chi connectivity index (χ4n) is 10.7. The van der Waals surface area contributed by atoms with Crippen LogP contribution >= 0.6 is 0 Å². The van der Waals surface area contributed by atoms with Crippen molar-refractivity contribution in [3.05, 3.63) is 0 Å². The van der Waals surface area contributed by atoms with Crippen LogP contribution in [0.15, 0.2) is 0 Å². The quantitative estimate of drug-likeness (QED) is 0.0252. The third-order valence-electron chi connectivity index (χ3n) is 16.5. The molecule has 35 heteroatoms. The minimum atomic E-state index is -1.50. The van der Waals surface area contributed by atoms with E-state index < -0.39 is 141 Å². The second-order valence-corrected chi connectivity index (χ2v) is 25.0. The van der Waals surface area contributed by atoms with E-state index in [2.05, 4.69) is 26.6 Å². The van der Waals surface area contributed by atoms with Gasteiger partial charge in [0.25, 0.3) is 0 Å². The second kappa shape index (κ2) is 47.6. The number of ether oxygens (including phenoxy) is 8. The molecule has 35 nitrogen and oxygen atoms in total. The molecule has 0 aliphatic carbocycles. The van der Waals surface area contributed by atoms with Crippen LogP contribution in [0.3, 0.4) is 0 Å². The van der Waals surface area contributed by atoms with Crippen LogP contribution in [0.5, 0.6) is 0 Å². The number of ketones is 3. The number of aliphatic hydroxyl groups is 12. The van der Waals surface area contributed by atoms with Crippen molar-refractivity contribution in [3.63, 3.8) is 0 Å². The van der Waals surface area contributed by atoms with Crippen LogP contribution in [0.4, 0.5) is 0 Å². The highest BCUT2D eigenvalue weighted by Crippen LogP contribution is 2.26. The first-order chi connectivity index (χ1) is 46.5. The summed E-state index contributed by atoms with van der Waals surface area (Å²) in [7, 11) is 0. The second-order valence-electron chi connectivity index (χ2n) is 25.0. The number of carbonyl (C=O) groups excluding carboxylic acids is 8. The molecule has 17 N–H and O–H groups in total. The molecule has 568 valence electrons. The van der Waals surface area contributed by atoms with Crippen molar-refractivity contribution in [2.24, 2.45) is 0 Å². The Morgan fingerprint density at radius 2 is 0.561 bits per heavy atom. The Morgan fingerprint density at radius 1 is 0.296 bits per heavy atom. The van der Waals surface area contributed by atoms with Gasteiger partial charge in [0.1, 0.15) is 90.6 Å². The van der Waals surface area contributed by atoms with Gasteiger partial charge in [0.2, 0.25) is 29.5 Å². The van der Waals surface area contributed by atoms with Crippen molar-refractivity contribution in [3.8, 4) is 0 Å². The van der Waals surface area contributed by atoms with Crippen molar-refractivity contribution in [1.82, 2.24) is 36.4 Å². The van der Waals surface area contributed by atoms with E-state index in [0.29, 0.717) is 51.7 Å². The van der Waals surface area contributed by atoms with Gasteiger partial charge in [0.05, 0.1) is 90.1 Å². The first-order valence-corrected chi connectivity index (χ1v) is 34.1. The van der Waals surface area contributed by atoms with Gasteiger partial charge in [-0.25, -0.2) is 0 Å². The highest BCUT2D eigenvalue weighted by Gasteiger charge is 2.46. The minimum Gasteiger partial charge on any atom is -0.388 e. The molecule has 4 rings (SSSR count). The number of nitrogens with one attached hydrogen (secondary N) is 5. The zero-order chi connectivity index (χ0) is 73.0. The molecule has 0 unspecified atom stereocenters. The largest absolute Gasteiger partial charge is 0.388 e. The highest BCUT2D eigenvalue weighted by atomic mass is 16.7. The molecule has 0 aromatic heterocycles. The Morgan fingerprint density at radius 3 is 0.878 bits per heavy atom. The Bertz CT molecular complexity index is 2090. The smallest absolute Gasteiger partial charge is 0.234 e. The summed E-state index contributed by atoms with van der Waals surface area (Å²) in [5, 5.41) is 133. The predicted molar refractivity (Wildman–Crippen MR) is 342 cm³/mol. The van der Waals surface area contributed by atoms with Gasteiger partial charge in [0.15, 0.2) is 25.2 Å².